The molecule has 5 atom stereocenters. The lowest BCUT2D eigenvalue weighted by molar-refractivity contribution is -0.143. The van der Waals surface area contributed by atoms with Crippen LogP contribution in [0.1, 0.15) is 86.1 Å². The molecule has 2 aliphatic carbocycles. The third-order valence-corrected chi connectivity index (χ3v) is 11.3. The molecule has 0 bridgehead atoms. The van der Waals surface area contributed by atoms with Gasteiger partial charge >= 0.3 is 6.09 Å². The minimum absolute atomic E-state index is 0.00412. The molecular weight excluding hydrogens is 650 g/mol. The zero-order valence-electron chi connectivity index (χ0n) is 29.6. The van der Waals surface area contributed by atoms with E-state index in [0.29, 0.717) is 25.1 Å². The number of nitrogens with zero attached hydrogens (tertiary/aromatic N) is 2. The Labute approximate surface area is 288 Å². The maximum atomic E-state index is 14.4. The van der Waals surface area contributed by atoms with Crippen LogP contribution in [0.3, 0.4) is 0 Å². The molecule has 3 aliphatic rings. The van der Waals surface area contributed by atoms with E-state index in [2.05, 4.69) is 20.3 Å². The van der Waals surface area contributed by atoms with Gasteiger partial charge in [-0.2, -0.15) is 0 Å². The third kappa shape index (κ3) is 7.94. The Balaban J connectivity index is 1.44. The highest BCUT2D eigenvalue weighted by atomic mass is 32.2. The number of hydrogen-bond acceptors (Lipinski definition) is 9. The Kier molecular flexibility index (Phi) is 9.69. The van der Waals surface area contributed by atoms with Crippen molar-refractivity contribution >= 4 is 44.6 Å². The number of amides is 4. The molecule has 0 spiro atoms. The van der Waals surface area contributed by atoms with Gasteiger partial charge in [-0.05, 0) is 81.4 Å². The normalized spacial score (nSPS) is 24.6. The van der Waals surface area contributed by atoms with Crippen molar-refractivity contribution in [3.05, 3.63) is 36.0 Å². The maximum absolute atomic E-state index is 14.4. The molecule has 1 aromatic carbocycles. The molecule has 0 radical (unpaired) electrons. The van der Waals surface area contributed by atoms with Crippen LogP contribution >= 0.6 is 0 Å². The van der Waals surface area contributed by atoms with Gasteiger partial charge in [-0.3, -0.25) is 19.1 Å². The van der Waals surface area contributed by atoms with Crippen LogP contribution in [0.25, 0.3) is 10.8 Å². The number of alkyl carbamates (subject to hydrolysis) is 1. The number of fused-ring (bicyclic) bond motifs is 1. The molecule has 49 heavy (non-hydrogen) atoms. The number of aryl methyl sites for hydroxylation is 1. The van der Waals surface area contributed by atoms with Crippen molar-refractivity contribution in [3.63, 3.8) is 0 Å². The number of nitrogens with one attached hydrogen (secondary N) is 3. The SMILES string of the molecule is CCC1C[C@]1(NC(=O)[C@@H]1C[C@@H](Oc2nccc3c(C)cccc23)CN1C(=O)[C@@H](NC(=O)OC(C)(C)C)C(C)(C)C)C(=O)NS(=O)(=O)C1CC1. The molecule has 1 aliphatic heterocycles. The molecule has 268 valence electrons. The first kappa shape index (κ1) is 36.3. The van der Waals surface area contributed by atoms with Crippen LogP contribution in [-0.4, -0.2) is 83.2 Å². The summed E-state index contributed by atoms with van der Waals surface area (Å²) in [5.74, 6) is -1.82. The minimum Gasteiger partial charge on any atom is -0.472 e. The van der Waals surface area contributed by atoms with Crippen LogP contribution in [0.5, 0.6) is 5.88 Å². The van der Waals surface area contributed by atoms with Gasteiger partial charge in [0.05, 0.1) is 11.8 Å². The summed E-state index contributed by atoms with van der Waals surface area (Å²) in [7, 11) is -3.85. The summed E-state index contributed by atoms with van der Waals surface area (Å²) in [6, 6.07) is 5.49. The molecule has 1 aromatic heterocycles. The average Bonchev–Trinajstić information content (AvgIpc) is 3.91. The number of sulfonamides is 1. The Morgan fingerprint density at radius 2 is 1.76 bits per heavy atom. The molecule has 14 heteroatoms. The zero-order chi connectivity index (χ0) is 36.1. The van der Waals surface area contributed by atoms with Gasteiger partial charge in [0.25, 0.3) is 5.91 Å². The van der Waals surface area contributed by atoms with Crippen LogP contribution in [0, 0.1) is 18.3 Å². The van der Waals surface area contributed by atoms with E-state index < -0.39 is 73.8 Å². The van der Waals surface area contributed by atoms with E-state index in [1.54, 1.807) is 47.7 Å². The fourth-order valence-corrected chi connectivity index (χ4v) is 7.86. The number of ether oxygens (including phenoxy) is 2. The van der Waals surface area contributed by atoms with E-state index >= 15 is 0 Å². The monoisotopic (exact) mass is 699 g/mol. The molecule has 1 unspecified atom stereocenters. The Morgan fingerprint density at radius 3 is 2.35 bits per heavy atom. The lowest BCUT2D eigenvalue weighted by Gasteiger charge is -2.36. The van der Waals surface area contributed by atoms with Crippen LogP contribution in [0.2, 0.25) is 0 Å². The van der Waals surface area contributed by atoms with Crippen molar-refractivity contribution in [1.82, 2.24) is 25.2 Å². The van der Waals surface area contributed by atoms with Crippen LogP contribution in [0.15, 0.2) is 30.5 Å². The number of likely N-dealkylation sites (tertiary alicyclic amines) is 1. The molecule has 1 saturated heterocycles. The van der Waals surface area contributed by atoms with Gasteiger partial charge in [-0.15, -0.1) is 0 Å². The number of carbonyl (C=O) groups is 4. The van der Waals surface area contributed by atoms with Crippen molar-refractivity contribution in [1.29, 1.82) is 0 Å². The first-order chi connectivity index (χ1) is 22.8. The second kappa shape index (κ2) is 13.1. The number of carbonyl (C=O) groups excluding carboxylic acids is 4. The number of hydrogen-bond donors (Lipinski definition) is 3. The molecular formula is C35H49N5O8S. The summed E-state index contributed by atoms with van der Waals surface area (Å²) in [4.78, 5) is 60.8. The lowest BCUT2D eigenvalue weighted by Crippen LogP contribution is -2.60. The molecule has 13 nitrogen and oxygen atoms in total. The Morgan fingerprint density at radius 1 is 1.06 bits per heavy atom. The van der Waals surface area contributed by atoms with E-state index in [0.717, 1.165) is 16.3 Å². The standard InChI is InChI=1S/C35H49N5O8S/c1-9-21-18-35(21,31(43)39-49(45,46)23-13-14-23)38-28(41)26-17-22(47-29-25-12-10-11-20(2)24(25)15-16-36-29)19-40(26)30(42)27(33(3,4)5)37-32(44)48-34(6,7)8/h10-12,15-16,21-23,26-27H,9,13-14,17-19H2,1-8H3,(H,37,44)(H,38,41)(H,39,43)/t21?,22-,26+,27-,35-/m1/s1. The highest BCUT2D eigenvalue weighted by Gasteiger charge is 2.62. The van der Waals surface area contributed by atoms with E-state index in [4.69, 9.17) is 9.47 Å². The molecule has 3 fully saturated rings. The average molecular weight is 700 g/mol. The van der Waals surface area contributed by atoms with Crippen LogP contribution in [-0.2, 0) is 29.1 Å². The van der Waals surface area contributed by atoms with Crippen LogP contribution in [0.4, 0.5) is 4.79 Å². The van der Waals surface area contributed by atoms with Crippen molar-refractivity contribution in [2.45, 2.75) is 122 Å². The number of benzene rings is 1. The van der Waals surface area contributed by atoms with Crippen molar-refractivity contribution < 1.29 is 37.1 Å². The smallest absolute Gasteiger partial charge is 0.408 e. The van der Waals surface area contributed by atoms with Crippen molar-refractivity contribution in [2.24, 2.45) is 11.3 Å². The molecule has 2 heterocycles. The number of pyridine rings is 1. The van der Waals surface area contributed by atoms with Gasteiger partial charge in [-0.25, -0.2) is 18.2 Å². The predicted molar refractivity (Wildman–Crippen MR) is 183 cm³/mol. The fraction of sp³-hybridized carbons (Fsp3) is 0.629. The van der Waals surface area contributed by atoms with E-state index in [1.807, 2.05) is 38.1 Å². The van der Waals surface area contributed by atoms with Gasteiger partial charge in [0.1, 0.15) is 29.3 Å². The topological polar surface area (TPSA) is 173 Å². The third-order valence-electron chi connectivity index (χ3n) is 9.44. The maximum Gasteiger partial charge on any atom is 0.408 e. The van der Waals surface area contributed by atoms with Gasteiger partial charge in [0.15, 0.2) is 0 Å². The Bertz CT molecular complexity index is 1750. The molecule has 2 aromatic rings. The highest BCUT2D eigenvalue weighted by molar-refractivity contribution is 7.91. The van der Waals surface area contributed by atoms with Crippen molar-refractivity contribution in [2.75, 3.05) is 6.54 Å². The van der Waals surface area contributed by atoms with Gasteiger partial charge in [0, 0.05) is 18.0 Å². The second-order valence-corrected chi connectivity index (χ2v) is 17.6. The van der Waals surface area contributed by atoms with E-state index in [-0.39, 0.29) is 25.3 Å². The molecule has 4 amide bonds. The molecule has 5 rings (SSSR count). The quantitative estimate of drug-likeness (QED) is 0.334. The van der Waals surface area contributed by atoms with Crippen LogP contribution < -0.4 is 20.1 Å². The predicted octanol–water partition coefficient (Wildman–Crippen LogP) is 3.72. The lowest BCUT2D eigenvalue weighted by atomic mass is 9.85. The largest absolute Gasteiger partial charge is 0.472 e. The highest BCUT2D eigenvalue weighted by Crippen LogP contribution is 2.47. The first-order valence-corrected chi connectivity index (χ1v) is 18.5. The zero-order valence-corrected chi connectivity index (χ0v) is 30.4. The first-order valence-electron chi connectivity index (χ1n) is 16.9. The molecule has 3 N–H and O–H groups in total. The summed E-state index contributed by atoms with van der Waals surface area (Å²) >= 11 is 0. The minimum atomic E-state index is -3.85. The number of rotatable bonds is 10. The number of aromatic nitrogens is 1. The van der Waals surface area contributed by atoms with Gasteiger partial charge in [0.2, 0.25) is 27.7 Å². The van der Waals surface area contributed by atoms with Gasteiger partial charge < -0.3 is 25.0 Å². The van der Waals surface area contributed by atoms with Gasteiger partial charge in [-0.1, -0.05) is 46.2 Å². The summed E-state index contributed by atoms with van der Waals surface area (Å²) in [5.41, 5.74) is -1.98. The second-order valence-electron chi connectivity index (χ2n) is 15.7. The fourth-order valence-electron chi connectivity index (χ4n) is 6.50. The summed E-state index contributed by atoms with van der Waals surface area (Å²) in [5, 5.41) is 6.70. The molecule has 2 saturated carbocycles. The van der Waals surface area contributed by atoms with E-state index in [1.165, 1.54) is 4.90 Å². The summed E-state index contributed by atoms with van der Waals surface area (Å²) in [6.45, 7) is 14.4. The summed E-state index contributed by atoms with van der Waals surface area (Å²) < 4.78 is 39.4. The van der Waals surface area contributed by atoms with Crippen molar-refractivity contribution in [3.8, 4) is 5.88 Å². The van der Waals surface area contributed by atoms with E-state index in [9.17, 15) is 27.6 Å². The summed E-state index contributed by atoms with van der Waals surface area (Å²) in [6.07, 6.45) is 2.04. The Hall–Kier alpha value is -3.94.